The van der Waals surface area contributed by atoms with Crippen LogP contribution in [-0.2, 0) is 14.1 Å². The number of nitriles is 1. The van der Waals surface area contributed by atoms with Crippen LogP contribution < -0.4 is 34.3 Å². The molecule has 0 bridgehead atoms. The van der Waals surface area contributed by atoms with Gasteiger partial charge in [0.25, 0.3) is 5.56 Å². The Morgan fingerprint density at radius 3 is 2.52 bits per heavy atom. The average Bonchev–Trinajstić information content (AvgIpc) is 3.15. The topological polar surface area (TPSA) is 126 Å². The molecule has 0 fully saturated rings. The SMILES string of the molecule is COc1c(C(=O)[O-])nc(C(C)C(c2cnn(C)c2)c2ccccc2C#N)n(C)c1=O.[Li+]. The third kappa shape index (κ3) is 4.41. The minimum Gasteiger partial charge on any atom is -0.543 e. The van der Waals surface area contributed by atoms with E-state index in [-0.39, 0.29) is 30.4 Å². The van der Waals surface area contributed by atoms with E-state index in [1.807, 2.05) is 25.3 Å². The van der Waals surface area contributed by atoms with Gasteiger partial charge in [-0.25, -0.2) is 4.98 Å². The van der Waals surface area contributed by atoms with E-state index < -0.39 is 29.1 Å². The second kappa shape index (κ2) is 9.65. The predicted molar refractivity (Wildman–Crippen MR) is 105 cm³/mol. The summed E-state index contributed by atoms with van der Waals surface area (Å²) in [6.45, 7) is 1.82. The fraction of sp³-hybridized carbons (Fsp3) is 0.286. The summed E-state index contributed by atoms with van der Waals surface area (Å²) in [6.07, 6.45) is 3.49. The van der Waals surface area contributed by atoms with Gasteiger partial charge < -0.3 is 14.6 Å². The Hall–Kier alpha value is -3.33. The fourth-order valence-electron chi connectivity index (χ4n) is 3.68. The molecule has 0 saturated carbocycles. The number of rotatable bonds is 6. The van der Waals surface area contributed by atoms with Gasteiger partial charge >= 0.3 is 18.9 Å². The molecule has 0 aliphatic heterocycles. The molecular weight excluding hydrogens is 393 g/mol. The van der Waals surface area contributed by atoms with E-state index in [9.17, 15) is 20.0 Å². The molecule has 9 nitrogen and oxygen atoms in total. The van der Waals surface area contributed by atoms with Crippen LogP contribution in [0.25, 0.3) is 0 Å². The van der Waals surface area contributed by atoms with Gasteiger partial charge in [-0.05, 0) is 17.2 Å². The Morgan fingerprint density at radius 2 is 1.97 bits per heavy atom. The van der Waals surface area contributed by atoms with Crippen LogP contribution in [0, 0.1) is 11.3 Å². The summed E-state index contributed by atoms with van der Waals surface area (Å²) in [6, 6.07) is 9.31. The molecule has 3 rings (SSSR count). The summed E-state index contributed by atoms with van der Waals surface area (Å²) in [5.74, 6) is -2.65. The van der Waals surface area contributed by atoms with Crippen LogP contribution in [0.2, 0.25) is 0 Å². The van der Waals surface area contributed by atoms with Crippen LogP contribution in [0.3, 0.4) is 0 Å². The van der Waals surface area contributed by atoms with Crippen molar-refractivity contribution in [2.75, 3.05) is 7.11 Å². The first-order valence-corrected chi connectivity index (χ1v) is 9.14. The molecule has 0 radical (unpaired) electrons. The van der Waals surface area contributed by atoms with E-state index in [0.717, 1.165) is 11.1 Å². The molecule has 0 aliphatic rings. The summed E-state index contributed by atoms with van der Waals surface area (Å²) in [5, 5.41) is 25.4. The first kappa shape index (κ1) is 23.9. The fourth-order valence-corrected chi connectivity index (χ4v) is 3.68. The first-order valence-electron chi connectivity index (χ1n) is 9.14. The van der Waals surface area contributed by atoms with Gasteiger partial charge in [0.15, 0.2) is 0 Å². The summed E-state index contributed by atoms with van der Waals surface area (Å²) in [4.78, 5) is 28.5. The molecule has 2 heterocycles. The predicted octanol–water partition coefficient (Wildman–Crippen LogP) is -2.30. The molecule has 2 atom stereocenters. The zero-order valence-corrected chi connectivity index (χ0v) is 18.0. The van der Waals surface area contributed by atoms with Crippen molar-refractivity contribution in [3.8, 4) is 11.8 Å². The summed E-state index contributed by atoms with van der Waals surface area (Å²) >= 11 is 0. The third-order valence-corrected chi connectivity index (χ3v) is 5.09. The maximum Gasteiger partial charge on any atom is 1.00 e. The third-order valence-electron chi connectivity index (χ3n) is 5.09. The number of hydrogen-bond acceptors (Lipinski definition) is 7. The normalized spacial score (nSPS) is 12.4. The molecule has 10 heteroatoms. The first-order chi connectivity index (χ1) is 14.3. The number of aryl methyl sites for hydroxylation is 1. The molecule has 0 saturated heterocycles. The summed E-state index contributed by atoms with van der Waals surface area (Å²) in [7, 11) is 4.48. The van der Waals surface area contributed by atoms with Gasteiger partial charge in [0.05, 0.1) is 30.9 Å². The molecule has 0 spiro atoms. The number of nitrogens with zero attached hydrogens (tertiary/aromatic N) is 5. The van der Waals surface area contributed by atoms with Crippen LogP contribution in [0.5, 0.6) is 5.75 Å². The largest absolute Gasteiger partial charge is 1.00 e. The van der Waals surface area contributed by atoms with Crippen LogP contribution in [0.1, 0.15) is 51.8 Å². The van der Waals surface area contributed by atoms with Gasteiger partial charge in [-0.1, -0.05) is 25.1 Å². The van der Waals surface area contributed by atoms with Gasteiger partial charge in [-0.3, -0.25) is 14.0 Å². The number of aromatic carboxylic acids is 1. The van der Waals surface area contributed by atoms with E-state index in [1.54, 1.807) is 30.1 Å². The van der Waals surface area contributed by atoms with Crippen LogP contribution >= 0.6 is 0 Å². The van der Waals surface area contributed by atoms with Crippen molar-refractivity contribution in [2.24, 2.45) is 14.1 Å². The smallest absolute Gasteiger partial charge is 0.543 e. The molecular formula is C21H20LiN5O4. The Bertz CT molecular complexity index is 1210. The van der Waals surface area contributed by atoms with Crippen molar-refractivity contribution in [3.63, 3.8) is 0 Å². The number of carbonyl (C=O) groups excluding carboxylic acids is 1. The van der Waals surface area contributed by atoms with E-state index in [2.05, 4.69) is 16.2 Å². The van der Waals surface area contributed by atoms with Crippen molar-refractivity contribution < 1.29 is 33.5 Å². The summed E-state index contributed by atoms with van der Waals surface area (Å²) < 4.78 is 7.84. The van der Waals surface area contributed by atoms with Crippen LogP contribution in [-0.4, -0.2) is 32.4 Å². The van der Waals surface area contributed by atoms with Gasteiger partial charge in [-0.15, -0.1) is 0 Å². The molecule has 0 amide bonds. The van der Waals surface area contributed by atoms with Crippen molar-refractivity contribution in [1.29, 1.82) is 5.26 Å². The van der Waals surface area contributed by atoms with Crippen molar-refractivity contribution in [2.45, 2.75) is 18.8 Å². The van der Waals surface area contributed by atoms with E-state index in [4.69, 9.17) is 4.74 Å². The van der Waals surface area contributed by atoms with Crippen molar-refractivity contribution in [1.82, 2.24) is 19.3 Å². The van der Waals surface area contributed by atoms with Crippen LogP contribution in [0.4, 0.5) is 0 Å². The average molecular weight is 413 g/mol. The Labute approximate surface area is 191 Å². The number of benzene rings is 1. The molecule has 2 aromatic heterocycles. The maximum atomic E-state index is 12.7. The molecule has 2 unspecified atom stereocenters. The zero-order valence-electron chi connectivity index (χ0n) is 18.0. The van der Waals surface area contributed by atoms with Crippen molar-refractivity contribution >= 4 is 5.97 Å². The molecule has 31 heavy (non-hydrogen) atoms. The number of carboxylic acid groups (broad SMARTS) is 1. The summed E-state index contributed by atoms with van der Waals surface area (Å²) in [5.41, 5.74) is 0.804. The quantitative estimate of drug-likeness (QED) is 0.416. The number of carboxylic acids is 1. The second-order valence-electron chi connectivity index (χ2n) is 6.92. The van der Waals surface area contributed by atoms with E-state index in [0.29, 0.717) is 5.56 Å². The molecule has 1 aromatic carbocycles. The number of ether oxygens (including phenoxy) is 1. The Kier molecular flexibility index (Phi) is 7.45. The maximum absolute atomic E-state index is 12.7. The van der Waals surface area contributed by atoms with Crippen LogP contribution in [0.15, 0.2) is 41.5 Å². The number of aromatic nitrogens is 4. The van der Waals surface area contributed by atoms with Gasteiger partial charge in [0, 0.05) is 32.1 Å². The van der Waals surface area contributed by atoms with Gasteiger partial charge in [-0.2, -0.15) is 10.4 Å². The number of methoxy groups -OCH3 is 1. The molecule has 3 aromatic rings. The van der Waals surface area contributed by atoms with E-state index >= 15 is 0 Å². The second-order valence-corrected chi connectivity index (χ2v) is 6.92. The van der Waals surface area contributed by atoms with E-state index in [1.165, 1.54) is 18.7 Å². The van der Waals surface area contributed by atoms with Gasteiger partial charge in [0.1, 0.15) is 11.5 Å². The number of carbonyl (C=O) groups is 1. The molecule has 0 aliphatic carbocycles. The molecule has 154 valence electrons. The zero-order chi connectivity index (χ0) is 22.0. The standard InChI is InChI=1S/C21H21N5O4.Li/c1-12(19-24-17(21(28)29)18(30-4)20(27)26(19)3)16(14-10-23-25(2)11-14)15-8-6-5-7-13(15)9-22;/h5-8,10-12,16H,1-4H3,(H,28,29);/q;+1/p-1. The Balaban J connectivity index is 0.00000341. The van der Waals surface area contributed by atoms with Crippen molar-refractivity contribution in [3.05, 3.63) is 75.2 Å². The van der Waals surface area contributed by atoms with Gasteiger partial charge in [0.2, 0.25) is 5.75 Å². The minimum absolute atomic E-state index is 0. The monoisotopic (exact) mass is 413 g/mol. The molecule has 0 N–H and O–H groups in total. The Morgan fingerprint density at radius 1 is 1.29 bits per heavy atom. The minimum atomic E-state index is -1.60. The number of hydrogen-bond donors (Lipinski definition) is 0.